The molecule has 3 saturated heterocycles. The molecule has 4 aliphatic heterocycles. The Labute approximate surface area is 500 Å². The van der Waals surface area contributed by atoms with Crippen molar-refractivity contribution in [1.82, 2.24) is 40.1 Å². The highest BCUT2D eigenvalue weighted by Crippen LogP contribution is 2.37. The third-order valence-electron chi connectivity index (χ3n) is 16.5. The van der Waals surface area contributed by atoms with Crippen molar-refractivity contribution in [3.8, 4) is 28.3 Å². The first-order chi connectivity index (χ1) is 41.3. The van der Waals surface area contributed by atoms with E-state index in [-0.39, 0.29) is 74.4 Å². The van der Waals surface area contributed by atoms with Crippen molar-refractivity contribution in [1.29, 1.82) is 5.26 Å². The van der Waals surface area contributed by atoms with Crippen LogP contribution in [0.2, 0.25) is 0 Å². The maximum Gasteiger partial charge on any atom is 0.318 e. The second-order valence-corrected chi connectivity index (χ2v) is 23.5. The van der Waals surface area contributed by atoms with Gasteiger partial charge in [0.05, 0.1) is 97.8 Å². The number of nitriles is 1. The van der Waals surface area contributed by atoms with Crippen LogP contribution < -0.4 is 24.6 Å². The number of aryl methyl sites for hydroxylation is 2. The smallest absolute Gasteiger partial charge is 0.318 e. The van der Waals surface area contributed by atoms with E-state index in [1.165, 1.54) is 33.1 Å². The predicted octanol–water partition coefficient (Wildman–Crippen LogP) is 6.64. The summed E-state index contributed by atoms with van der Waals surface area (Å²) in [6.07, 6.45) is 2.27. The number of carbonyl (C=O) groups excluding carboxylic acids is 3. The van der Waals surface area contributed by atoms with Gasteiger partial charge in [0.15, 0.2) is 0 Å². The second kappa shape index (κ2) is 28.1. The van der Waals surface area contributed by atoms with Crippen LogP contribution in [-0.4, -0.2) is 181 Å². The summed E-state index contributed by atoms with van der Waals surface area (Å²) in [5, 5.41) is 29.8. The third kappa shape index (κ3) is 14.4. The molecule has 4 aliphatic rings. The Hall–Kier alpha value is -7.52. The van der Waals surface area contributed by atoms with Crippen LogP contribution in [0.15, 0.2) is 89.4 Å². The van der Waals surface area contributed by atoms with Gasteiger partial charge in [-0.2, -0.15) is 15.2 Å². The SMILES string of the molecule is C=CC(=O)N1CCN(c2nc(OC[C@@H]3C[C@@H](OCCOCCOCCOc4cc(-c5scnc5C)ccc4CNC(=O)[C@@H]4C[C@@H](O)CN4C(=O)[C@@H](c4cc(C)no4)C(C)C)CN3C)nc3c2CCN(c2cccc4ccccc24)C3)C[C@@H]1CC#N. The van der Waals surface area contributed by atoms with E-state index >= 15 is 0 Å². The minimum absolute atomic E-state index is 0.0135. The number of carbonyl (C=O) groups is 3. The van der Waals surface area contributed by atoms with Crippen molar-refractivity contribution in [2.24, 2.45) is 5.92 Å². The van der Waals surface area contributed by atoms with Gasteiger partial charge in [-0.15, -0.1) is 11.3 Å². The summed E-state index contributed by atoms with van der Waals surface area (Å²) in [7, 11) is 2.07. The fourth-order valence-electron chi connectivity index (χ4n) is 12.1. The van der Waals surface area contributed by atoms with E-state index in [0.29, 0.717) is 89.0 Å². The van der Waals surface area contributed by atoms with E-state index in [4.69, 9.17) is 38.2 Å². The van der Waals surface area contributed by atoms with Gasteiger partial charge in [0.2, 0.25) is 17.7 Å². The zero-order valence-corrected chi connectivity index (χ0v) is 50.0. The van der Waals surface area contributed by atoms with Crippen molar-refractivity contribution >= 4 is 51.3 Å². The number of anilines is 2. The summed E-state index contributed by atoms with van der Waals surface area (Å²) in [6.45, 7) is 17.5. The average molecular weight is 1180 g/mol. The topological polar surface area (TPSA) is 234 Å². The van der Waals surface area contributed by atoms with Crippen LogP contribution in [0.3, 0.4) is 0 Å². The van der Waals surface area contributed by atoms with Crippen molar-refractivity contribution in [3.05, 3.63) is 119 Å². The Balaban J connectivity index is 0.683. The van der Waals surface area contributed by atoms with Crippen LogP contribution in [0.1, 0.15) is 73.0 Å². The molecule has 0 spiro atoms. The number of amides is 3. The second-order valence-electron chi connectivity index (χ2n) is 22.6. The highest BCUT2D eigenvalue weighted by Gasteiger charge is 2.43. The molecule has 3 aromatic carbocycles. The van der Waals surface area contributed by atoms with Gasteiger partial charge < -0.3 is 58.2 Å². The Kier molecular flexibility index (Phi) is 20.0. The quantitative estimate of drug-likeness (QED) is 0.0452. The van der Waals surface area contributed by atoms with Gasteiger partial charge >= 0.3 is 6.01 Å². The number of aromatic nitrogens is 4. The number of thiazole rings is 1. The molecule has 0 aliphatic carbocycles. The van der Waals surface area contributed by atoms with Crippen molar-refractivity contribution in [3.63, 3.8) is 0 Å². The van der Waals surface area contributed by atoms with Crippen LogP contribution >= 0.6 is 11.3 Å². The van der Waals surface area contributed by atoms with E-state index in [1.807, 2.05) is 39.0 Å². The van der Waals surface area contributed by atoms with Gasteiger partial charge in [-0.05, 0) is 68.8 Å². The molecular weight excluding hydrogens is 1100 g/mol. The minimum Gasteiger partial charge on any atom is -0.491 e. The van der Waals surface area contributed by atoms with Crippen LogP contribution in [0.5, 0.6) is 11.8 Å². The summed E-state index contributed by atoms with van der Waals surface area (Å²) < 4.78 is 36.4. The van der Waals surface area contributed by atoms with Crippen LogP contribution in [0.25, 0.3) is 21.2 Å². The third-order valence-corrected chi connectivity index (χ3v) is 17.4. The van der Waals surface area contributed by atoms with E-state index in [0.717, 1.165) is 70.4 Å². The van der Waals surface area contributed by atoms with Gasteiger partial charge in [0.1, 0.15) is 42.5 Å². The summed E-state index contributed by atoms with van der Waals surface area (Å²) in [5.41, 5.74) is 8.16. The number of β-amino-alcohol motifs (C(OH)–C–C–N with tert-alkyl or cyclic N) is 1. The molecule has 85 heavy (non-hydrogen) atoms. The molecule has 0 bridgehead atoms. The Morgan fingerprint density at radius 1 is 0.906 bits per heavy atom. The Morgan fingerprint density at radius 3 is 2.47 bits per heavy atom. The van der Waals surface area contributed by atoms with Crippen LogP contribution in [0.4, 0.5) is 11.5 Å². The summed E-state index contributed by atoms with van der Waals surface area (Å²) in [4.78, 5) is 66.2. The summed E-state index contributed by atoms with van der Waals surface area (Å²) in [6, 6.07) is 23.9. The largest absolute Gasteiger partial charge is 0.491 e. The number of aliphatic hydroxyl groups is 1. The number of fused-ring (bicyclic) bond motifs is 2. The maximum atomic E-state index is 14.0. The predicted molar refractivity (Wildman–Crippen MR) is 321 cm³/mol. The lowest BCUT2D eigenvalue weighted by atomic mass is 9.91. The molecule has 7 heterocycles. The van der Waals surface area contributed by atoms with E-state index in [1.54, 1.807) is 23.4 Å². The molecule has 3 aromatic heterocycles. The number of likely N-dealkylation sites (N-methyl/N-ethyl adjacent to an activating group) is 1. The minimum atomic E-state index is -0.862. The molecule has 0 radical (unpaired) electrons. The molecular formula is C63H77N11O10S. The van der Waals surface area contributed by atoms with Crippen LogP contribution in [-0.2, 0) is 48.1 Å². The summed E-state index contributed by atoms with van der Waals surface area (Å²) >= 11 is 1.53. The van der Waals surface area contributed by atoms with Gasteiger partial charge in [0.25, 0.3) is 0 Å². The molecule has 6 aromatic rings. The Bertz CT molecular complexity index is 3340. The molecule has 0 unspecified atom stereocenters. The van der Waals surface area contributed by atoms with Gasteiger partial charge in [0, 0.05) is 86.5 Å². The maximum absolute atomic E-state index is 14.0. The standard InChI is InChI=1S/C63H77N11O10S/c1-7-57(76)73-22-21-72(34-46(73)17-19-64)60-51-18-20-71(53-14-10-12-43-11-8-9-13-50(43)53)37-52(51)67-63(68-60)83-38-47-31-49(36-70(47)6)81-27-25-79-23-24-80-26-28-82-55-30-44(59-42(5)66-39-85-59)15-16-45(55)33-65-61(77)54-32-48(75)35-74(54)62(78)58(40(2)3)56-29-41(4)69-84-56/h7-16,29-30,39-40,46-49,54,58,75H,1,17-18,20-28,31-38H2,2-6H3,(H,65,77)/t46-,47-,48+,49+,54-,58+/m0/s1. The van der Waals surface area contributed by atoms with Crippen molar-refractivity contribution < 1.29 is 47.7 Å². The lowest BCUT2D eigenvalue weighted by Gasteiger charge is -2.42. The first kappa shape index (κ1) is 60.6. The van der Waals surface area contributed by atoms with Gasteiger partial charge in [-0.1, -0.05) is 74.1 Å². The number of piperazine rings is 1. The number of nitrogens with zero attached hydrogens (tertiary/aromatic N) is 10. The monoisotopic (exact) mass is 1180 g/mol. The number of aliphatic hydroxyl groups excluding tert-OH is 1. The van der Waals surface area contributed by atoms with Crippen molar-refractivity contribution in [2.45, 2.75) is 103 Å². The fraction of sp³-hybridized carbons (Fsp3) is 0.492. The van der Waals surface area contributed by atoms with E-state index in [9.17, 15) is 24.8 Å². The molecule has 21 nitrogen and oxygen atoms in total. The number of ether oxygens (including phenoxy) is 5. The number of benzene rings is 3. The molecule has 3 fully saturated rings. The Morgan fingerprint density at radius 2 is 1.71 bits per heavy atom. The normalized spacial score (nSPS) is 20.2. The number of likely N-dealkylation sites (tertiary alicyclic amines) is 2. The molecule has 22 heteroatoms. The zero-order valence-electron chi connectivity index (χ0n) is 49.2. The van der Waals surface area contributed by atoms with Gasteiger partial charge in [-0.25, -0.2) is 4.98 Å². The molecule has 2 N–H and O–H groups in total. The fourth-order valence-corrected chi connectivity index (χ4v) is 12.9. The molecule has 10 rings (SSSR count). The molecule has 450 valence electrons. The molecule has 6 atom stereocenters. The van der Waals surface area contributed by atoms with Gasteiger partial charge in [-0.3, -0.25) is 19.3 Å². The lowest BCUT2D eigenvalue weighted by Crippen LogP contribution is -2.55. The summed E-state index contributed by atoms with van der Waals surface area (Å²) in [5.74, 6) is 0.197. The van der Waals surface area contributed by atoms with Crippen molar-refractivity contribution in [2.75, 3.05) is 102 Å². The number of nitrogens with one attached hydrogen (secondary N) is 1. The highest BCUT2D eigenvalue weighted by molar-refractivity contribution is 7.13. The van der Waals surface area contributed by atoms with Crippen LogP contribution in [0, 0.1) is 31.1 Å². The number of rotatable bonds is 25. The highest BCUT2D eigenvalue weighted by atomic mass is 32.1. The van der Waals surface area contributed by atoms with E-state index < -0.39 is 18.1 Å². The number of hydrogen-bond acceptors (Lipinski definition) is 19. The lowest BCUT2D eigenvalue weighted by molar-refractivity contribution is -0.141. The number of hydrogen-bond donors (Lipinski definition) is 2. The average Bonchev–Trinajstić information content (AvgIpc) is 3.15. The zero-order chi connectivity index (χ0) is 59.6. The molecule has 3 amide bonds. The first-order valence-electron chi connectivity index (χ1n) is 29.4. The van der Waals surface area contributed by atoms with E-state index in [2.05, 4.69) is 92.3 Å². The molecule has 0 saturated carbocycles. The first-order valence-corrected chi connectivity index (χ1v) is 30.3.